The Morgan fingerprint density at radius 2 is 2.04 bits per heavy atom. The van der Waals surface area contributed by atoms with Gasteiger partial charge >= 0.3 is 0 Å². The van der Waals surface area contributed by atoms with Gasteiger partial charge in [0.15, 0.2) is 5.69 Å². The Balaban J connectivity index is 1.63. The maximum atomic E-state index is 12.5. The molecular formula is C19H22N4O2S. The van der Waals surface area contributed by atoms with Crippen molar-refractivity contribution in [1.29, 1.82) is 0 Å². The summed E-state index contributed by atoms with van der Waals surface area (Å²) in [5.74, 6) is -0.0305. The van der Waals surface area contributed by atoms with E-state index in [2.05, 4.69) is 33.1 Å². The molecule has 136 valence electrons. The minimum atomic E-state index is -0.247. The topological polar surface area (TPSA) is 87.7 Å². The van der Waals surface area contributed by atoms with Gasteiger partial charge in [-0.1, -0.05) is 18.9 Å². The minimum absolute atomic E-state index is 0.217. The number of hydrogen-bond acceptors (Lipinski definition) is 5. The van der Waals surface area contributed by atoms with E-state index in [9.17, 15) is 9.59 Å². The Kier molecular flexibility index (Phi) is 5.88. The smallest absolute Gasteiger partial charge is 0.273 e. The largest absolute Gasteiger partial charge is 0.339 e. The molecule has 2 N–H and O–H groups in total. The maximum Gasteiger partial charge on any atom is 0.273 e. The van der Waals surface area contributed by atoms with Crippen molar-refractivity contribution in [1.82, 2.24) is 20.5 Å². The number of aromatic amines is 1. The molecule has 1 atom stereocenters. The highest BCUT2D eigenvalue weighted by Crippen LogP contribution is 2.25. The molecule has 2 aromatic heterocycles. The van der Waals surface area contributed by atoms with E-state index in [0.717, 1.165) is 47.4 Å². The molecule has 0 fully saturated rings. The normalized spacial score (nSPS) is 12.4. The first-order chi connectivity index (χ1) is 12.6. The fraction of sp³-hybridized carbons (Fsp3) is 0.368. The molecule has 0 saturated carbocycles. The first-order valence-electron chi connectivity index (χ1n) is 8.75. The van der Waals surface area contributed by atoms with E-state index in [1.165, 1.54) is 0 Å². The molecule has 0 saturated heterocycles. The number of amides is 1. The van der Waals surface area contributed by atoms with Gasteiger partial charge in [0.25, 0.3) is 5.91 Å². The van der Waals surface area contributed by atoms with E-state index < -0.39 is 0 Å². The van der Waals surface area contributed by atoms with E-state index in [1.807, 2.05) is 18.2 Å². The van der Waals surface area contributed by atoms with Crippen LogP contribution in [0.15, 0.2) is 30.6 Å². The first kappa shape index (κ1) is 18.4. The van der Waals surface area contributed by atoms with E-state index in [1.54, 1.807) is 19.3 Å². The second-order valence-electron chi connectivity index (χ2n) is 6.45. The van der Waals surface area contributed by atoms with E-state index in [-0.39, 0.29) is 17.1 Å². The number of pyridine rings is 1. The molecule has 1 amide bonds. The number of aromatic nitrogens is 3. The third kappa shape index (κ3) is 4.22. The molecular weight excluding hydrogens is 348 g/mol. The zero-order chi connectivity index (χ0) is 18.5. The van der Waals surface area contributed by atoms with Crippen molar-refractivity contribution in [3.05, 3.63) is 36.3 Å². The lowest BCUT2D eigenvalue weighted by Gasteiger charge is -2.12. The van der Waals surface area contributed by atoms with Crippen LogP contribution in [0.3, 0.4) is 0 Å². The van der Waals surface area contributed by atoms with Crippen LogP contribution in [-0.4, -0.2) is 32.2 Å². The number of carbonyl (C=O) groups excluding carboxylic acids is 2. The van der Waals surface area contributed by atoms with Crippen LogP contribution in [0.2, 0.25) is 0 Å². The average molecular weight is 370 g/mol. The van der Waals surface area contributed by atoms with Gasteiger partial charge in [0.05, 0.1) is 10.9 Å². The van der Waals surface area contributed by atoms with Crippen molar-refractivity contribution in [2.45, 2.75) is 44.4 Å². The van der Waals surface area contributed by atoms with E-state index >= 15 is 0 Å². The SMILES string of the molecule is CC(=O)CCCCCC(S)NC(=O)c1n[nH]c2c1ccc1ccncc12. The van der Waals surface area contributed by atoms with Crippen molar-refractivity contribution >= 4 is 46.0 Å². The Labute approximate surface area is 157 Å². The maximum absolute atomic E-state index is 12.5. The summed E-state index contributed by atoms with van der Waals surface area (Å²) in [6, 6.07) is 5.77. The molecule has 0 aliphatic heterocycles. The molecule has 26 heavy (non-hydrogen) atoms. The summed E-state index contributed by atoms with van der Waals surface area (Å²) >= 11 is 4.45. The number of Topliss-reactive ketones (excluding diaryl/α,β-unsaturated/α-hetero) is 1. The molecule has 0 bridgehead atoms. The predicted octanol–water partition coefficient (Wildman–Crippen LogP) is 3.64. The highest BCUT2D eigenvalue weighted by Gasteiger charge is 2.17. The van der Waals surface area contributed by atoms with Gasteiger partial charge in [-0.2, -0.15) is 17.7 Å². The average Bonchev–Trinajstić information content (AvgIpc) is 3.05. The van der Waals surface area contributed by atoms with Gasteiger partial charge in [0, 0.05) is 29.6 Å². The number of thiol groups is 1. The number of benzene rings is 1. The summed E-state index contributed by atoms with van der Waals surface area (Å²) in [5, 5.41) is 12.5. The van der Waals surface area contributed by atoms with E-state index in [0.29, 0.717) is 12.1 Å². The molecule has 0 aliphatic rings. The molecule has 0 aliphatic carbocycles. The number of nitrogens with one attached hydrogen (secondary N) is 2. The van der Waals surface area contributed by atoms with Crippen LogP contribution >= 0.6 is 12.6 Å². The van der Waals surface area contributed by atoms with Crippen LogP contribution < -0.4 is 5.32 Å². The van der Waals surface area contributed by atoms with Crippen LogP contribution in [0.25, 0.3) is 21.7 Å². The number of fused-ring (bicyclic) bond motifs is 3. The number of hydrogen-bond donors (Lipinski definition) is 3. The quantitative estimate of drug-likeness (QED) is 0.321. The lowest BCUT2D eigenvalue weighted by atomic mass is 10.1. The fourth-order valence-electron chi connectivity index (χ4n) is 3.00. The first-order valence-corrected chi connectivity index (χ1v) is 9.27. The second-order valence-corrected chi connectivity index (χ2v) is 7.07. The molecule has 1 aromatic carbocycles. The van der Waals surface area contributed by atoms with Crippen molar-refractivity contribution in [3.63, 3.8) is 0 Å². The molecule has 3 aromatic rings. The lowest BCUT2D eigenvalue weighted by Crippen LogP contribution is -2.31. The summed E-state index contributed by atoms with van der Waals surface area (Å²) in [4.78, 5) is 27.6. The van der Waals surface area contributed by atoms with E-state index in [4.69, 9.17) is 0 Å². The van der Waals surface area contributed by atoms with Gasteiger partial charge in [-0.25, -0.2) is 0 Å². The second kappa shape index (κ2) is 8.31. The summed E-state index contributed by atoms with van der Waals surface area (Å²) in [7, 11) is 0. The van der Waals surface area contributed by atoms with Crippen molar-refractivity contribution in [2.24, 2.45) is 0 Å². The number of unbranched alkanes of at least 4 members (excludes halogenated alkanes) is 2. The third-order valence-corrected chi connectivity index (χ3v) is 4.76. The number of carbonyl (C=O) groups is 2. The van der Waals surface area contributed by atoms with Crippen LogP contribution in [0.5, 0.6) is 0 Å². The van der Waals surface area contributed by atoms with Gasteiger partial charge in [-0.05, 0) is 37.3 Å². The van der Waals surface area contributed by atoms with Crippen LogP contribution in [0.4, 0.5) is 0 Å². The zero-order valence-electron chi connectivity index (χ0n) is 14.7. The molecule has 2 heterocycles. The van der Waals surface area contributed by atoms with Gasteiger partial charge in [0.1, 0.15) is 5.78 Å². The fourth-order valence-corrected chi connectivity index (χ4v) is 3.30. The summed E-state index contributed by atoms with van der Waals surface area (Å²) in [6.07, 6.45) is 7.62. The third-order valence-electron chi connectivity index (χ3n) is 4.38. The number of rotatable bonds is 8. The Morgan fingerprint density at radius 3 is 2.85 bits per heavy atom. The van der Waals surface area contributed by atoms with Gasteiger partial charge in [-0.3, -0.25) is 14.9 Å². The summed E-state index contributed by atoms with van der Waals surface area (Å²) < 4.78 is 0. The van der Waals surface area contributed by atoms with Crippen LogP contribution in [0.1, 0.15) is 49.5 Å². The monoisotopic (exact) mass is 370 g/mol. The number of H-pyrrole nitrogens is 1. The van der Waals surface area contributed by atoms with Crippen LogP contribution in [-0.2, 0) is 4.79 Å². The Hall–Kier alpha value is -2.41. The lowest BCUT2D eigenvalue weighted by molar-refractivity contribution is -0.117. The molecule has 3 rings (SSSR count). The molecule has 0 spiro atoms. The predicted molar refractivity (Wildman–Crippen MR) is 105 cm³/mol. The molecule has 7 heteroatoms. The summed E-state index contributed by atoms with van der Waals surface area (Å²) in [6.45, 7) is 1.61. The highest BCUT2D eigenvalue weighted by atomic mass is 32.1. The van der Waals surface area contributed by atoms with Crippen molar-refractivity contribution in [2.75, 3.05) is 0 Å². The molecule has 6 nitrogen and oxygen atoms in total. The van der Waals surface area contributed by atoms with Gasteiger partial charge in [-0.15, -0.1) is 0 Å². The zero-order valence-corrected chi connectivity index (χ0v) is 15.6. The molecule has 1 unspecified atom stereocenters. The summed E-state index contributed by atoms with van der Waals surface area (Å²) in [5.41, 5.74) is 1.17. The highest BCUT2D eigenvalue weighted by molar-refractivity contribution is 7.80. The van der Waals surface area contributed by atoms with Crippen molar-refractivity contribution < 1.29 is 9.59 Å². The minimum Gasteiger partial charge on any atom is -0.339 e. The van der Waals surface area contributed by atoms with Crippen molar-refractivity contribution in [3.8, 4) is 0 Å². The Morgan fingerprint density at radius 1 is 1.19 bits per heavy atom. The molecule has 0 radical (unpaired) electrons. The number of ketones is 1. The standard InChI is InChI=1S/C19H22N4O2S/c1-12(24)5-3-2-4-6-16(26)21-19(25)18-14-8-7-13-9-10-20-11-15(13)17(14)22-23-18/h7-11,16,26H,2-6H2,1H3,(H,21,25)(H,22,23). The van der Waals surface area contributed by atoms with Gasteiger partial charge < -0.3 is 10.1 Å². The number of nitrogens with zero attached hydrogens (tertiary/aromatic N) is 2. The Bertz CT molecular complexity index is 938. The van der Waals surface area contributed by atoms with Crippen LogP contribution in [0, 0.1) is 0 Å². The van der Waals surface area contributed by atoms with Gasteiger partial charge in [0.2, 0.25) is 0 Å².